The van der Waals surface area contributed by atoms with E-state index < -0.39 is 12.5 Å². The molecule has 0 spiro atoms. The van der Waals surface area contributed by atoms with Gasteiger partial charge in [-0.25, -0.2) is 8.78 Å². The number of nitrogens with zero attached hydrogens (tertiary/aromatic N) is 1. The van der Waals surface area contributed by atoms with Crippen LogP contribution in [0.15, 0.2) is 0 Å². The molecule has 0 aliphatic heterocycles. The molecule has 0 amide bonds. The summed E-state index contributed by atoms with van der Waals surface area (Å²) in [7, 11) is 2.99. The minimum atomic E-state index is -2.36. The molecule has 74 valence electrons. The highest BCUT2D eigenvalue weighted by Crippen LogP contribution is 1.97. The number of hydrogen-bond acceptors (Lipinski definition) is 3. The molecule has 0 saturated heterocycles. The van der Waals surface area contributed by atoms with Gasteiger partial charge in [-0.3, -0.25) is 4.90 Å². The standard InChI is InChI=1S/C7H15F2NO2/c1-10(4-7(8)9)3-6(11)5-12-2/h6-7,11H,3-5H2,1-2H3. The molecule has 0 rings (SSSR count). The molecule has 0 aromatic heterocycles. The summed E-state index contributed by atoms with van der Waals surface area (Å²) < 4.78 is 28.2. The van der Waals surface area contributed by atoms with Crippen molar-refractivity contribution in [2.75, 3.05) is 33.9 Å². The van der Waals surface area contributed by atoms with E-state index in [0.29, 0.717) is 0 Å². The number of halogens is 2. The fourth-order valence-electron chi connectivity index (χ4n) is 0.915. The molecule has 0 aromatic carbocycles. The van der Waals surface area contributed by atoms with E-state index in [1.165, 1.54) is 19.1 Å². The van der Waals surface area contributed by atoms with Crippen LogP contribution in [0, 0.1) is 0 Å². The van der Waals surface area contributed by atoms with Crippen molar-refractivity contribution in [1.82, 2.24) is 4.90 Å². The zero-order valence-electron chi connectivity index (χ0n) is 7.33. The largest absolute Gasteiger partial charge is 0.389 e. The maximum atomic E-state index is 11.8. The van der Waals surface area contributed by atoms with Gasteiger partial charge in [-0.05, 0) is 7.05 Å². The quantitative estimate of drug-likeness (QED) is 0.638. The topological polar surface area (TPSA) is 32.7 Å². The van der Waals surface area contributed by atoms with Gasteiger partial charge in [0.1, 0.15) is 0 Å². The number of alkyl halides is 2. The first-order valence-electron chi connectivity index (χ1n) is 3.70. The van der Waals surface area contributed by atoms with Crippen LogP contribution in [0.4, 0.5) is 8.78 Å². The highest BCUT2D eigenvalue weighted by atomic mass is 19.3. The normalized spacial score (nSPS) is 14.2. The molecule has 0 heterocycles. The lowest BCUT2D eigenvalue weighted by molar-refractivity contribution is 0.0269. The summed E-state index contributed by atoms with van der Waals surface area (Å²) in [5.74, 6) is 0. The van der Waals surface area contributed by atoms with E-state index in [1.54, 1.807) is 0 Å². The van der Waals surface area contributed by atoms with Gasteiger partial charge >= 0.3 is 0 Å². The minimum Gasteiger partial charge on any atom is -0.389 e. The van der Waals surface area contributed by atoms with Crippen molar-refractivity contribution in [3.8, 4) is 0 Å². The van der Waals surface area contributed by atoms with Crippen LogP contribution in [0.3, 0.4) is 0 Å². The summed E-state index contributed by atoms with van der Waals surface area (Å²) in [6.07, 6.45) is -3.05. The van der Waals surface area contributed by atoms with Crippen LogP contribution in [-0.4, -0.2) is 56.4 Å². The highest BCUT2D eigenvalue weighted by molar-refractivity contribution is 4.60. The van der Waals surface area contributed by atoms with Crippen molar-refractivity contribution >= 4 is 0 Å². The van der Waals surface area contributed by atoms with Crippen molar-refractivity contribution < 1.29 is 18.6 Å². The molecular formula is C7H15F2NO2. The van der Waals surface area contributed by atoms with Gasteiger partial charge in [-0.15, -0.1) is 0 Å². The molecule has 0 saturated carbocycles. The molecule has 1 unspecified atom stereocenters. The van der Waals surface area contributed by atoms with E-state index in [2.05, 4.69) is 4.74 Å². The second-order valence-corrected chi connectivity index (χ2v) is 2.72. The van der Waals surface area contributed by atoms with Gasteiger partial charge < -0.3 is 9.84 Å². The second kappa shape index (κ2) is 6.28. The number of rotatable bonds is 6. The second-order valence-electron chi connectivity index (χ2n) is 2.72. The van der Waals surface area contributed by atoms with Gasteiger partial charge in [-0.2, -0.15) is 0 Å². The summed E-state index contributed by atoms with van der Waals surface area (Å²) in [4.78, 5) is 1.37. The summed E-state index contributed by atoms with van der Waals surface area (Å²) >= 11 is 0. The van der Waals surface area contributed by atoms with Crippen molar-refractivity contribution in [3.05, 3.63) is 0 Å². The van der Waals surface area contributed by atoms with Crippen molar-refractivity contribution in [1.29, 1.82) is 0 Å². The Morgan fingerprint density at radius 1 is 1.42 bits per heavy atom. The fourth-order valence-corrected chi connectivity index (χ4v) is 0.915. The zero-order chi connectivity index (χ0) is 9.56. The monoisotopic (exact) mass is 183 g/mol. The molecule has 1 N–H and O–H groups in total. The number of likely N-dealkylation sites (N-methyl/N-ethyl adjacent to an activating group) is 1. The maximum absolute atomic E-state index is 11.8. The SMILES string of the molecule is COCC(O)CN(C)CC(F)F. The molecule has 0 bridgehead atoms. The Labute approximate surface area is 70.9 Å². The van der Waals surface area contributed by atoms with E-state index in [9.17, 15) is 8.78 Å². The Hall–Kier alpha value is -0.260. The Morgan fingerprint density at radius 3 is 2.42 bits per heavy atom. The Morgan fingerprint density at radius 2 is 2.00 bits per heavy atom. The summed E-state index contributed by atoms with van der Waals surface area (Å²) in [5, 5.41) is 9.12. The fraction of sp³-hybridized carbons (Fsp3) is 1.00. The van der Waals surface area contributed by atoms with E-state index in [-0.39, 0.29) is 19.7 Å². The maximum Gasteiger partial charge on any atom is 0.251 e. The predicted octanol–water partition coefficient (Wildman–Crippen LogP) is 0.191. The molecule has 0 aliphatic carbocycles. The van der Waals surface area contributed by atoms with Gasteiger partial charge in [0.05, 0.1) is 19.3 Å². The van der Waals surface area contributed by atoms with Crippen LogP contribution in [0.1, 0.15) is 0 Å². The third-order valence-electron chi connectivity index (χ3n) is 1.33. The Bertz CT molecular complexity index is 114. The number of hydrogen-bond donors (Lipinski definition) is 1. The Balaban J connectivity index is 3.46. The average Bonchev–Trinajstić information content (AvgIpc) is 1.84. The first kappa shape index (κ1) is 11.7. The zero-order valence-corrected chi connectivity index (χ0v) is 7.33. The third kappa shape index (κ3) is 6.45. The van der Waals surface area contributed by atoms with E-state index in [1.807, 2.05) is 0 Å². The first-order valence-corrected chi connectivity index (χ1v) is 3.70. The van der Waals surface area contributed by atoms with Crippen LogP contribution >= 0.6 is 0 Å². The van der Waals surface area contributed by atoms with Gasteiger partial charge in [0, 0.05) is 13.7 Å². The molecule has 12 heavy (non-hydrogen) atoms. The van der Waals surface area contributed by atoms with Gasteiger partial charge in [0.25, 0.3) is 6.43 Å². The van der Waals surface area contributed by atoms with E-state index >= 15 is 0 Å². The van der Waals surface area contributed by atoms with Crippen LogP contribution in [0.2, 0.25) is 0 Å². The third-order valence-corrected chi connectivity index (χ3v) is 1.33. The highest BCUT2D eigenvalue weighted by Gasteiger charge is 2.11. The van der Waals surface area contributed by atoms with Gasteiger partial charge in [0.15, 0.2) is 0 Å². The van der Waals surface area contributed by atoms with Crippen molar-refractivity contribution in [2.24, 2.45) is 0 Å². The van der Waals surface area contributed by atoms with Gasteiger partial charge in [-0.1, -0.05) is 0 Å². The molecule has 0 radical (unpaired) electrons. The molecule has 5 heteroatoms. The summed E-state index contributed by atoms with van der Waals surface area (Å²) in [6.45, 7) is 0.0620. The Kier molecular flexibility index (Phi) is 6.14. The number of aliphatic hydroxyl groups is 1. The molecular weight excluding hydrogens is 168 g/mol. The minimum absolute atomic E-state index is 0.174. The first-order chi connectivity index (χ1) is 5.56. The molecule has 1 atom stereocenters. The number of aliphatic hydroxyl groups excluding tert-OH is 1. The molecule has 3 nitrogen and oxygen atoms in total. The van der Waals surface area contributed by atoms with Crippen LogP contribution in [0.25, 0.3) is 0 Å². The van der Waals surface area contributed by atoms with Crippen LogP contribution in [-0.2, 0) is 4.74 Å². The lowest BCUT2D eigenvalue weighted by atomic mass is 10.3. The molecule has 0 aliphatic rings. The van der Waals surface area contributed by atoms with Gasteiger partial charge in [0.2, 0.25) is 0 Å². The predicted molar refractivity (Wildman–Crippen MR) is 41.4 cm³/mol. The lowest BCUT2D eigenvalue weighted by Crippen LogP contribution is -2.34. The number of methoxy groups -OCH3 is 1. The van der Waals surface area contributed by atoms with E-state index in [0.717, 1.165) is 0 Å². The van der Waals surface area contributed by atoms with Crippen LogP contribution in [0.5, 0.6) is 0 Å². The molecule has 0 fully saturated rings. The molecule has 0 aromatic rings. The van der Waals surface area contributed by atoms with E-state index in [4.69, 9.17) is 5.11 Å². The van der Waals surface area contributed by atoms with Crippen molar-refractivity contribution in [3.63, 3.8) is 0 Å². The van der Waals surface area contributed by atoms with Crippen LogP contribution < -0.4 is 0 Å². The summed E-state index contributed by atoms with van der Waals surface area (Å²) in [5.41, 5.74) is 0. The number of ether oxygens (including phenoxy) is 1. The summed E-state index contributed by atoms with van der Waals surface area (Å²) in [6, 6.07) is 0. The average molecular weight is 183 g/mol. The smallest absolute Gasteiger partial charge is 0.251 e. The lowest BCUT2D eigenvalue weighted by Gasteiger charge is -2.19. The van der Waals surface area contributed by atoms with Crippen molar-refractivity contribution in [2.45, 2.75) is 12.5 Å².